The van der Waals surface area contributed by atoms with Gasteiger partial charge in [-0.1, -0.05) is 20.8 Å². The molecule has 2 heterocycles. The van der Waals surface area contributed by atoms with E-state index >= 15 is 0 Å². The molecule has 0 unspecified atom stereocenters. The molecule has 3 rings (SSSR count). The van der Waals surface area contributed by atoms with Crippen molar-refractivity contribution in [1.82, 2.24) is 19.5 Å². The van der Waals surface area contributed by atoms with E-state index in [9.17, 15) is 24.3 Å². The maximum Gasteiger partial charge on any atom is 0.410 e. The molecule has 0 bridgehead atoms. The Bertz CT molecular complexity index is 1040. The van der Waals surface area contributed by atoms with Gasteiger partial charge >= 0.3 is 6.09 Å². The van der Waals surface area contributed by atoms with Crippen LogP contribution < -0.4 is 16.2 Å². The Hall–Kier alpha value is -3.37. The minimum atomic E-state index is -1.47. The van der Waals surface area contributed by atoms with E-state index in [0.717, 1.165) is 17.4 Å². The van der Waals surface area contributed by atoms with Crippen LogP contribution in [0.25, 0.3) is 5.65 Å². The molecule has 0 aliphatic heterocycles. The number of hydrogen-bond donors (Lipinski definition) is 4. The number of aldehydes is 1. The van der Waals surface area contributed by atoms with Crippen LogP contribution in [0.15, 0.2) is 4.79 Å². The molecule has 0 atom stereocenters. The molecule has 2 amide bonds. The van der Waals surface area contributed by atoms with Gasteiger partial charge in [0, 0.05) is 12.6 Å². The van der Waals surface area contributed by atoms with Gasteiger partial charge in [0.25, 0.3) is 11.5 Å². The van der Waals surface area contributed by atoms with Gasteiger partial charge in [0.1, 0.15) is 5.56 Å². The third kappa shape index (κ3) is 3.55. The lowest BCUT2D eigenvalue weighted by Crippen LogP contribution is -2.35. The average Bonchev–Trinajstić information content (AvgIpc) is 3.29. The third-order valence-corrected chi connectivity index (χ3v) is 4.15. The Kier molecular flexibility index (Phi) is 4.61. The summed E-state index contributed by atoms with van der Waals surface area (Å²) in [6.45, 7) is 5.71. The SMILES string of the molecule is CC(C)(C)Cn1c(O)c(C(=O)NC2CC2)c(=O)n2nc(NC(=O)O)c(C=O)c12. The van der Waals surface area contributed by atoms with Crippen LogP contribution in [0.2, 0.25) is 0 Å². The number of fused-ring (bicyclic) bond motifs is 1. The molecular weight excluding hydrogens is 370 g/mol. The Morgan fingerprint density at radius 1 is 1.32 bits per heavy atom. The maximum absolute atomic E-state index is 12.9. The summed E-state index contributed by atoms with van der Waals surface area (Å²) in [7, 11) is 0. The zero-order chi connectivity index (χ0) is 20.8. The lowest BCUT2D eigenvalue weighted by molar-refractivity contribution is 0.0943. The number of rotatable bonds is 5. The highest BCUT2D eigenvalue weighted by Crippen LogP contribution is 2.28. The highest BCUT2D eigenvalue weighted by Gasteiger charge is 2.32. The number of carbonyl (C=O) groups excluding carboxylic acids is 2. The molecule has 0 saturated heterocycles. The molecule has 2 aromatic heterocycles. The number of anilines is 1. The minimum absolute atomic E-state index is 0.0505. The summed E-state index contributed by atoms with van der Waals surface area (Å²) in [4.78, 5) is 48.0. The zero-order valence-electron chi connectivity index (χ0n) is 15.6. The molecule has 1 aliphatic rings. The molecule has 1 aliphatic carbocycles. The summed E-state index contributed by atoms with van der Waals surface area (Å²) in [5.74, 6) is -1.71. The lowest BCUT2D eigenvalue weighted by Gasteiger charge is -2.23. The Labute approximate surface area is 159 Å². The monoisotopic (exact) mass is 391 g/mol. The van der Waals surface area contributed by atoms with Crippen LogP contribution in [0.1, 0.15) is 54.3 Å². The van der Waals surface area contributed by atoms with Crippen molar-refractivity contribution in [2.75, 3.05) is 5.32 Å². The van der Waals surface area contributed by atoms with Crippen LogP contribution in [0.3, 0.4) is 0 Å². The average molecular weight is 391 g/mol. The summed E-state index contributed by atoms with van der Waals surface area (Å²) in [5.41, 5.74) is -2.18. The molecule has 150 valence electrons. The molecular formula is C17H21N5O6. The highest BCUT2D eigenvalue weighted by atomic mass is 16.4. The van der Waals surface area contributed by atoms with Gasteiger partial charge < -0.3 is 15.5 Å². The molecule has 4 N–H and O–H groups in total. The van der Waals surface area contributed by atoms with Gasteiger partial charge in [-0.05, 0) is 18.3 Å². The number of hydrogen-bond acceptors (Lipinski definition) is 6. The highest BCUT2D eigenvalue weighted by molar-refractivity contribution is 5.99. The zero-order valence-corrected chi connectivity index (χ0v) is 15.6. The second-order valence-corrected chi connectivity index (χ2v) is 7.94. The summed E-state index contributed by atoms with van der Waals surface area (Å²) in [6, 6.07) is -0.0505. The molecule has 1 fully saturated rings. The Morgan fingerprint density at radius 2 is 1.96 bits per heavy atom. The molecule has 0 aromatic carbocycles. The number of nitrogens with zero attached hydrogens (tertiary/aromatic N) is 3. The van der Waals surface area contributed by atoms with Crippen molar-refractivity contribution >= 4 is 29.8 Å². The first-order valence-electron chi connectivity index (χ1n) is 8.68. The number of aromatic hydroxyl groups is 1. The maximum atomic E-state index is 12.9. The van der Waals surface area contributed by atoms with Crippen molar-refractivity contribution in [3.63, 3.8) is 0 Å². The van der Waals surface area contributed by atoms with E-state index in [1.54, 1.807) is 0 Å². The third-order valence-electron chi connectivity index (χ3n) is 4.15. The van der Waals surface area contributed by atoms with Crippen LogP contribution >= 0.6 is 0 Å². The molecule has 0 spiro atoms. The fraction of sp³-hybridized carbons (Fsp3) is 0.471. The van der Waals surface area contributed by atoms with Crippen molar-refractivity contribution in [3.05, 3.63) is 21.5 Å². The van der Waals surface area contributed by atoms with Crippen LogP contribution in [0, 0.1) is 5.41 Å². The van der Waals surface area contributed by atoms with Gasteiger partial charge in [-0.3, -0.25) is 24.3 Å². The van der Waals surface area contributed by atoms with Gasteiger partial charge in [-0.25, -0.2) is 4.79 Å². The van der Waals surface area contributed by atoms with Crippen molar-refractivity contribution in [2.45, 2.75) is 46.2 Å². The van der Waals surface area contributed by atoms with Crippen LogP contribution in [0.5, 0.6) is 5.88 Å². The number of carboxylic acid groups (broad SMARTS) is 1. The molecule has 28 heavy (non-hydrogen) atoms. The van der Waals surface area contributed by atoms with E-state index in [1.807, 2.05) is 26.1 Å². The molecule has 2 aromatic rings. The molecule has 0 radical (unpaired) electrons. The Morgan fingerprint density at radius 3 is 2.46 bits per heavy atom. The van der Waals surface area contributed by atoms with E-state index < -0.39 is 34.4 Å². The second kappa shape index (κ2) is 6.66. The first kappa shape index (κ1) is 19.4. The van der Waals surface area contributed by atoms with Crippen molar-refractivity contribution < 1.29 is 24.6 Å². The van der Waals surface area contributed by atoms with Gasteiger partial charge in [-0.2, -0.15) is 4.52 Å². The largest absolute Gasteiger partial charge is 0.494 e. The fourth-order valence-corrected chi connectivity index (χ4v) is 2.87. The topological polar surface area (TPSA) is 155 Å². The first-order chi connectivity index (χ1) is 13.0. The second-order valence-electron chi connectivity index (χ2n) is 7.94. The minimum Gasteiger partial charge on any atom is -0.494 e. The molecule has 11 nitrogen and oxygen atoms in total. The quantitative estimate of drug-likeness (QED) is 0.555. The van der Waals surface area contributed by atoms with Gasteiger partial charge in [0.05, 0.1) is 0 Å². The predicted octanol–water partition coefficient (Wildman–Crippen LogP) is 1.04. The van der Waals surface area contributed by atoms with Gasteiger partial charge in [-0.15, -0.1) is 5.10 Å². The lowest BCUT2D eigenvalue weighted by atomic mass is 9.96. The first-order valence-corrected chi connectivity index (χ1v) is 8.68. The summed E-state index contributed by atoms with van der Waals surface area (Å²) < 4.78 is 2.00. The van der Waals surface area contributed by atoms with Crippen LogP contribution in [-0.4, -0.2) is 48.7 Å². The van der Waals surface area contributed by atoms with E-state index in [-0.39, 0.29) is 29.6 Å². The van der Waals surface area contributed by atoms with Gasteiger partial charge in [0.2, 0.25) is 5.88 Å². The van der Waals surface area contributed by atoms with Crippen molar-refractivity contribution in [3.8, 4) is 5.88 Å². The van der Waals surface area contributed by atoms with E-state index in [0.29, 0.717) is 6.29 Å². The predicted molar refractivity (Wildman–Crippen MR) is 98.1 cm³/mol. The van der Waals surface area contributed by atoms with Gasteiger partial charge in [0.15, 0.2) is 23.3 Å². The van der Waals surface area contributed by atoms with E-state index in [2.05, 4.69) is 10.4 Å². The van der Waals surface area contributed by atoms with Crippen molar-refractivity contribution in [2.24, 2.45) is 5.41 Å². The Balaban J connectivity index is 2.34. The molecule has 11 heteroatoms. The smallest absolute Gasteiger partial charge is 0.410 e. The standard InChI is InChI=1S/C17H21N5O6/c1-17(2,3)7-21-13-9(6-23)11(19-16(27)28)20-22(13)15(26)10(14(21)25)12(24)18-8-4-5-8/h6,8,25H,4-5,7H2,1-3H3,(H,18,24)(H,19,20)(H,27,28). The van der Waals surface area contributed by atoms with Crippen LogP contribution in [0.4, 0.5) is 10.6 Å². The number of carbonyl (C=O) groups is 3. The summed E-state index contributed by atoms with van der Waals surface area (Å²) >= 11 is 0. The number of amides is 2. The fourth-order valence-electron chi connectivity index (χ4n) is 2.87. The summed E-state index contributed by atoms with van der Waals surface area (Å²) in [5, 5.41) is 28.2. The summed E-state index contributed by atoms with van der Waals surface area (Å²) in [6.07, 6.45) is 0.441. The normalized spacial score (nSPS) is 14.1. The number of aromatic nitrogens is 3. The van der Waals surface area contributed by atoms with Crippen LogP contribution in [-0.2, 0) is 6.54 Å². The molecule has 1 saturated carbocycles. The van der Waals surface area contributed by atoms with E-state index in [4.69, 9.17) is 5.11 Å². The van der Waals surface area contributed by atoms with Crippen molar-refractivity contribution in [1.29, 1.82) is 0 Å². The number of nitrogens with one attached hydrogen (secondary N) is 2. The van der Waals surface area contributed by atoms with E-state index in [1.165, 1.54) is 4.57 Å².